The van der Waals surface area contributed by atoms with Crippen LogP contribution in [0.25, 0.3) is 0 Å². The fourth-order valence-electron chi connectivity index (χ4n) is 3.10. The molecule has 7 heteroatoms. The number of carbonyl (C=O) groups excluding carboxylic acids is 1. The molecular formula is C20H22Cl2N2O3. The van der Waals surface area contributed by atoms with Crippen molar-refractivity contribution < 1.29 is 14.6 Å². The lowest BCUT2D eigenvalue weighted by molar-refractivity contribution is 0.0628. The van der Waals surface area contributed by atoms with Crippen molar-refractivity contribution in [3.8, 4) is 11.5 Å². The van der Waals surface area contributed by atoms with Gasteiger partial charge in [-0.2, -0.15) is 0 Å². The molecule has 1 aliphatic rings. The number of ether oxygens (including phenoxy) is 1. The highest BCUT2D eigenvalue weighted by molar-refractivity contribution is 6.32. The lowest BCUT2D eigenvalue weighted by atomic mass is 10.1. The van der Waals surface area contributed by atoms with Gasteiger partial charge in [0.25, 0.3) is 5.91 Å². The number of aromatic hydroxyl groups is 1. The number of hydrogen-bond donors (Lipinski definition) is 1. The standard InChI is InChI=1S/C20H22Cl2N2O3/c1-2-27-18-12-15(11-17(22)19(18)25)20(26)24-9-7-23(8-10-24)13-14-3-5-16(21)6-4-14/h3-6,11-12,25H,2,7-10,13H2,1H3. The Hall–Kier alpha value is -1.95. The predicted octanol–water partition coefficient (Wildman–Crippen LogP) is 4.06. The van der Waals surface area contributed by atoms with Gasteiger partial charge in [-0.1, -0.05) is 35.3 Å². The van der Waals surface area contributed by atoms with E-state index in [4.69, 9.17) is 27.9 Å². The Bertz CT molecular complexity index is 804. The average Bonchev–Trinajstić information content (AvgIpc) is 2.67. The van der Waals surface area contributed by atoms with E-state index >= 15 is 0 Å². The summed E-state index contributed by atoms with van der Waals surface area (Å²) in [4.78, 5) is 16.9. The third-order valence-corrected chi connectivity index (χ3v) is 5.09. The van der Waals surface area contributed by atoms with Gasteiger partial charge in [-0.15, -0.1) is 0 Å². The summed E-state index contributed by atoms with van der Waals surface area (Å²) in [6.45, 7) is 5.87. The first-order chi connectivity index (χ1) is 13.0. The fraction of sp³-hybridized carbons (Fsp3) is 0.350. The van der Waals surface area contributed by atoms with Crippen LogP contribution in [0.15, 0.2) is 36.4 Å². The summed E-state index contributed by atoms with van der Waals surface area (Å²) in [5.41, 5.74) is 1.62. The largest absolute Gasteiger partial charge is 0.503 e. The summed E-state index contributed by atoms with van der Waals surface area (Å²) >= 11 is 12.0. The second-order valence-corrected chi connectivity index (χ2v) is 7.28. The van der Waals surface area contributed by atoms with E-state index in [2.05, 4.69) is 4.90 Å². The molecule has 3 rings (SSSR count). The summed E-state index contributed by atoms with van der Waals surface area (Å²) in [5, 5.41) is 10.8. The van der Waals surface area contributed by atoms with Gasteiger partial charge in [-0.25, -0.2) is 0 Å². The topological polar surface area (TPSA) is 53.0 Å². The van der Waals surface area contributed by atoms with Gasteiger partial charge in [0.2, 0.25) is 0 Å². The van der Waals surface area contributed by atoms with E-state index in [1.54, 1.807) is 11.0 Å². The van der Waals surface area contributed by atoms with Crippen LogP contribution < -0.4 is 4.74 Å². The van der Waals surface area contributed by atoms with Crippen molar-refractivity contribution in [1.82, 2.24) is 9.80 Å². The van der Waals surface area contributed by atoms with E-state index in [1.165, 1.54) is 11.6 Å². The van der Waals surface area contributed by atoms with Crippen molar-refractivity contribution in [3.05, 3.63) is 57.6 Å². The highest BCUT2D eigenvalue weighted by atomic mass is 35.5. The Balaban J connectivity index is 1.62. The van der Waals surface area contributed by atoms with E-state index in [1.807, 2.05) is 31.2 Å². The maximum absolute atomic E-state index is 12.8. The molecule has 5 nitrogen and oxygen atoms in total. The van der Waals surface area contributed by atoms with Crippen LogP contribution in [0.4, 0.5) is 0 Å². The van der Waals surface area contributed by atoms with Crippen LogP contribution in [0.2, 0.25) is 10.0 Å². The SMILES string of the molecule is CCOc1cc(C(=O)N2CCN(Cc3ccc(Cl)cc3)CC2)cc(Cl)c1O. The van der Waals surface area contributed by atoms with Crippen LogP contribution in [0.3, 0.4) is 0 Å². The lowest BCUT2D eigenvalue weighted by Crippen LogP contribution is -2.48. The van der Waals surface area contributed by atoms with E-state index < -0.39 is 0 Å². The van der Waals surface area contributed by atoms with Gasteiger partial charge in [0, 0.05) is 43.3 Å². The Morgan fingerprint density at radius 3 is 2.41 bits per heavy atom. The highest BCUT2D eigenvalue weighted by Crippen LogP contribution is 2.35. The van der Waals surface area contributed by atoms with E-state index in [9.17, 15) is 9.90 Å². The van der Waals surface area contributed by atoms with Crippen molar-refractivity contribution in [3.63, 3.8) is 0 Å². The minimum absolute atomic E-state index is 0.107. The highest BCUT2D eigenvalue weighted by Gasteiger charge is 2.24. The van der Waals surface area contributed by atoms with Gasteiger partial charge in [0.15, 0.2) is 11.5 Å². The molecule has 1 amide bonds. The Morgan fingerprint density at radius 1 is 1.11 bits per heavy atom. The zero-order chi connectivity index (χ0) is 19.4. The van der Waals surface area contributed by atoms with Crippen LogP contribution in [0, 0.1) is 0 Å². The molecule has 0 aromatic heterocycles. The average molecular weight is 409 g/mol. The van der Waals surface area contributed by atoms with E-state index in [0.717, 1.165) is 24.7 Å². The Morgan fingerprint density at radius 2 is 1.78 bits per heavy atom. The minimum Gasteiger partial charge on any atom is -0.503 e. The summed E-state index contributed by atoms with van der Waals surface area (Å²) in [5.74, 6) is -0.0124. The number of phenolic OH excluding ortho intramolecular Hbond substituents is 1. The Kier molecular flexibility index (Phi) is 6.47. The quantitative estimate of drug-likeness (QED) is 0.810. The number of hydrogen-bond acceptors (Lipinski definition) is 4. The van der Waals surface area contributed by atoms with Crippen molar-refractivity contribution in [2.24, 2.45) is 0 Å². The van der Waals surface area contributed by atoms with Gasteiger partial charge in [0.1, 0.15) is 0 Å². The molecule has 27 heavy (non-hydrogen) atoms. The second-order valence-electron chi connectivity index (χ2n) is 6.43. The summed E-state index contributed by atoms with van der Waals surface area (Å²) < 4.78 is 5.36. The van der Waals surface area contributed by atoms with Gasteiger partial charge in [0.05, 0.1) is 11.6 Å². The molecule has 2 aromatic carbocycles. The maximum atomic E-state index is 12.8. The molecule has 0 saturated carbocycles. The number of rotatable bonds is 5. The summed E-state index contributed by atoms with van der Waals surface area (Å²) in [6, 6.07) is 10.9. The molecular weight excluding hydrogens is 387 g/mol. The van der Waals surface area contributed by atoms with Gasteiger partial charge in [-0.3, -0.25) is 9.69 Å². The van der Waals surface area contributed by atoms with Crippen molar-refractivity contribution in [2.45, 2.75) is 13.5 Å². The molecule has 2 aromatic rings. The number of nitrogens with zero attached hydrogens (tertiary/aromatic N) is 2. The van der Waals surface area contributed by atoms with Crippen LogP contribution in [0.1, 0.15) is 22.8 Å². The summed E-state index contributed by atoms with van der Waals surface area (Å²) in [7, 11) is 0. The van der Waals surface area contributed by atoms with Gasteiger partial charge < -0.3 is 14.7 Å². The molecule has 144 valence electrons. The third kappa shape index (κ3) is 4.86. The fourth-order valence-corrected chi connectivity index (χ4v) is 3.44. The smallest absolute Gasteiger partial charge is 0.254 e. The molecule has 1 aliphatic heterocycles. The van der Waals surface area contributed by atoms with Crippen molar-refractivity contribution >= 4 is 29.1 Å². The maximum Gasteiger partial charge on any atom is 0.254 e. The number of phenols is 1. The van der Waals surface area contributed by atoms with Crippen LogP contribution in [-0.2, 0) is 6.54 Å². The van der Waals surface area contributed by atoms with Gasteiger partial charge >= 0.3 is 0 Å². The molecule has 1 heterocycles. The first-order valence-electron chi connectivity index (χ1n) is 8.89. The van der Waals surface area contributed by atoms with Crippen LogP contribution in [-0.4, -0.2) is 53.6 Å². The Labute approximate surface area is 169 Å². The molecule has 0 spiro atoms. The van der Waals surface area contributed by atoms with E-state index in [0.29, 0.717) is 25.3 Å². The summed E-state index contributed by atoms with van der Waals surface area (Å²) in [6.07, 6.45) is 0. The van der Waals surface area contributed by atoms with Crippen LogP contribution >= 0.6 is 23.2 Å². The number of halogens is 2. The first-order valence-corrected chi connectivity index (χ1v) is 9.65. The molecule has 0 atom stereocenters. The second kappa shape index (κ2) is 8.83. The number of benzene rings is 2. The molecule has 0 radical (unpaired) electrons. The monoisotopic (exact) mass is 408 g/mol. The van der Waals surface area contributed by atoms with Crippen LogP contribution in [0.5, 0.6) is 11.5 Å². The number of carbonyl (C=O) groups is 1. The zero-order valence-electron chi connectivity index (χ0n) is 15.1. The van der Waals surface area contributed by atoms with Crippen molar-refractivity contribution in [2.75, 3.05) is 32.8 Å². The molecule has 1 N–H and O–H groups in total. The molecule has 0 bridgehead atoms. The number of amides is 1. The molecule has 0 unspecified atom stereocenters. The minimum atomic E-state index is -0.136. The third-order valence-electron chi connectivity index (χ3n) is 4.55. The molecule has 1 saturated heterocycles. The normalized spacial score (nSPS) is 15.0. The molecule has 1 fully saturated rings. The zero-order valence-corrected chi connectivity index (χ0v) is 16.6. The van der Waals surface area contributed by atoms with E-state index in [-0.39, 0.29) is 22.4 Å². The molecule has 0 aliphatic carbocycles. The first kappa shape index (κ1) is 19.8. The predicted molar refractivity (Wildman–Crippen MR) is 107 cm³/mol. The van der Waals surface area contributed by atoms with Gasteiger partial charge in [-0.05, 0) is 36.8 Å². The lowest BCUT2D eigenvalue weighted by Gasteiger charge is -2.35. The number of piperazine rings is 1. The van der Waals surface area contributed by atoms with Crippen molar-refractivity contribution in [1.29, 1.82) is 0 Å².